The summed E-state index contributed by atoms with van der Waals surface area (Å²) in [6, 6.07) is 12.9. The second-order valence-corrected chi connectivity index (χ2v) is 5.69. The number of amides is 1. The molecule has 3 aromatic rings. The highest BCUT2D eigenvalue weighted by Gasteiger charge is 2.04. The monoisotopic (exact) mass is 364 g/mol. The lowest BCUT2D eigenvalue weighted by Gasteiger charge is -2.07. The van der Waals surface area contributed by atoms with Crippen molar-refractivity contribution in [2.75, 3.05) is 14.2 Å². The predicted molar refractivity (Wildman–Crippen MR) is 102 cm³/mol. The lowest BCUT2D eigenvalue weighted by molar-refractivity contribution is -0.116. The van der Waals surface area contributed by atoms with Crippen LogP contribution in [0.3, 0.4) is 0 Å². The van der Waals surface area contributed by atoms with Crippen LogP contribution in [0.4, 0.5) is 0 Å². The van der Waals surface area contributed by atoms with Crippen molar-refractivity contribution < 1.29 is 18.7 Å². The number of methoxy groups -OCH3 is 2. The third-order valence-electron chi connectivity index (χ3n) is 3.90. The zero-order valence-electron chi connectivity index (χ0n) is 15.1. The third kappa shape index (κ3) is 4.76. The molecule has 0 atom stereocenters. The zero-order valence-corrected chi connectivity index (χ0v) is 15.1. The number of rotatable bonds is 7. The van der Waals surface area contributed by atoms with Gasteiger partial charge in [0.2, 0.25) is 5.91 Å². The molecule has 0 spiro atoms. The summed E-state index contributed by atoms with van der Waals surface area (Å²) in [6.07, 6.45) is 6.52. The first-order chi connectivity index (χ1) is 13.2. The molecule has 1 amide bonds. The number of aromatic nitrogens is 1. The molecule has 0 bridgehead atoms. The Bertz CT molecular complexity index is 916. The summed E-state index contributed by atoms with van der Waals surface area (Å²) in [4.78, 5) is 16.4. The summed E-state index contributed by atoms with van der Waals surface area (Å²) >= 11 is 0. The van der Waals surface area contributed by atoms with E-state index in [1.54, 1.807) is 44.9 Å². The molecule has 6 nitrogen and oxygen atoms in total. The van der Waals surface area contributed by atoms with E-state index >= 15 is 0 Å². The van der Waals surface area contributed by atoms with Crippen LogP contribution in [0.25, 0.3) is 17.5 Å². The Morgan fingerprint density at radius 1 is 1.15 bits per heavy atom. The van der Waals surface area contributed by atoms with E-state index in [0.29, 0.717) is 23.8 Å². The van der Waals surface area contributed by atoms with Gasteiger partial charge in [0.05, 0.1) is 20.5 Å². The number of pyridine rings is 1. The molecular formula is C21H20N2O4. The van der Waals surface area contributed by atoms with E-state index in [1.807, 2.05) is 30.3 Å². The minimum Gasteiger partial charge on any atom is -0.493 e. The van der Waals surface area contributed by atoms with Gasteiger partial charge in [-0.25, -0.2) is 0 Å². The summed E-state index contributed by atoms with van der Waals surface area (Å²) in [7, 11) is 3.15. The van der Waals surface area contributed by atoms with Gasteiger partial charge in [-0.3, -0.25) is 9.78 Å². The van der Waals surface area contributed by atoms with E-state index in [9.17, 15) is 4.79 Å². The fourth-order valence-corrected chi connectivity index (χ4v) is 2.48. The van der Waals surface area contributed by atoms with Gasteiger partial charge in [0, 0.05) is 18.8 Å². The molecule has 0 unspecified atom stereocenters. The van der Waals surface area contributed by atoms with Gasteiger partial charge in [-0.15, -0.1) is 0 Å². The average Bonchev–Trinajstić information content (AvgIpc) is 3.25. The summed E-state index contributed by atoms with van der Waals surface area (Å²) in [6.45, 7) is 0.389. The third-order valence-corrected chi connectivity index (χ3v) is 3.90. The minimum atomic E-state index is -0.195. The molecule has 27 heavy (non-hydrogen) atoms. The highest BCUT2D eigenvalue weighted by molar-refractivity contribution is 5.91. The number of furan rings is 1. The van der Waals surface area contributed by atoms with E-state index in [4.69, 9.17) is 13.9 Å². The minimum absolute atomic E-state index is 0.195. The van der Waals surface area contributed by atoms with Crippen molar-refractivity contribution in [3.05, 3.63) is 72.1 Å². The Kier molecular flexibility index (Phi) is 5.89. The second kappa shape index (κ2) is 8.71. The number of carbonyl (C=O) groups is 1. The summed E-state index contributed by atoms with van der Waals surface area (Å²) < 4.78 is 15.8. The van der Waals surface area contributed by atoms with Crippen LogP contribution in [0.5, 0.6) is 11.5 Å². The smallest absolute Gasteiger partial charge is 0.244 e. The molecule has 1 N–H and O–H groups in total. The first kappa shape index (κ1) is 18.3. The average molecular weight is 364 g/mol. The van der Waals surface area contributed by atoms with Gasteiger partial charge in [-0.1, -0.05) is 12.1 Å². The number of carbonyl (C=O) groups excluding carboxylic acids is 1. The van der Waals surface area contributed by atoms with Crippen molar-refractivity contribution in [2.45, 2.75) is 6.54 Å². The van der Waals surface area contributed by atoms with Crippen molar-refractivity contribution in [2.24, 2.45) is 0 Å². The number of hydrogen-bond donors (Lipinski definition) is 1. The number of ether oxygens (including phenoxy) is 2. The molecule has 2 aromatic heterocycles. The fraction of sp³-hybridized carbons (Fsp3) is 0.143. The van der Waals surface area contributed by atoms with Gasteiger partial charge in [0.1, 0.15) is 5.69 Å². The van der Waals surface area contributed by atoms with Gasteiger partial charge in [-0.05, 0) is 47.5 Å². The number of nitrogens with one attached hydrogen (secondary N) is 1. The van der Waals surface area contributed by atoms with E-state index in [2.05, 4.69) is 10.3 Å². The molecule has 0 radical (unpaired) electrons. The number of nitrogens with zero attached hydrogens (tertiary/aromatic N) is 1. The molecule has 2 heterocycles. The molecule has 0 saturated heterocycles. The van der Waals surface area contributed by atoms with Crippen LogP contribution in [0.2, 0.25) is 0 Å². The lowest BCUT2D eigenvalue weighted by Crippen LogP contribution is -2.20. The molecular weight excluding hydrogens is 344 g/mol. The van der Waals surface area contributed by atoms with Crippen LogP contribution in [-0.2, 0) is 11.3 Å². The molecule has 138 valence electrons. The van der Waals surface area contributed by atoms with E-state index in [0.717, 1.165) is 16.8 Å². The molecule has 0 aliphatic heterocycles. The van der Waals surface area contributed by atoms with Gasteiger partial charge >= 0.3 is 0 Å². The number of hydrogen-bond acceptors (Lipinski definition) is 5. The zero-order chi connectivity index (χ0) is 19.1. The van der Waals surface area contributed by atoms with Crippen molar-refractivity contribution in [1.82, 2.24) is 10.3 Å². The fourth-order valence-electron chi connectivity index (χ4n) is 2.48. The lowest BCUT2D eigenvalue weighted by atomic mass is 10.2. The Morgan fingerprint density at radius 3 is 2.67 bits per heavy atom. The SMILES string of the molecule is COc1ccc(/C=C/C(=O)NCc2ccc(-c3ccco3)nc2)cc1OC. The first-order valence-electron chi connectivity index (χ1n) is 8.36. The molecule has 0 saturated carbocycles. The van der Waals surface area contributed by atoms with E-state index in [-0.39, 0.29) is 5.91 Å². The van der Waals surface area contributed by atoms with Crippen molar-refractivity contribution >= 4 is 12.0 Å². The Labute approximate surface area is 157 Å². The van der Waals surface area contributed by atoms with Gasteiger partial charge < -0.3 is 19.2 Å². The predicted octanol–water partition coefficient (Wildman–Crippen LogP) is 3.69. The molecule has 0 aliphatic rings. The van der Waals surface area contributed by atoms with Crippen LogP contribution in [0, 0.1) is 0 Å². The molecule has 0 fully saturated rings. The Hall–Kier alpha value is -3.54. The van der Waals surface area contributed by atoms with Crippen LogP contribution in [0.1, 0.15) is 11.1 Å². The van der Waals surface area contributed by atoms with Crippen molar-refractivity contribution in [3.63, 3.8) is 0 Å². The maximum absolute atomic E-state index is 12.0. The normalized spacial score (nSPS) is 10.7. The molecule has 0 aliphatic carbocycles. The topological polar surface area (TPSA) is 73.6 Å². The maximum Gasteiger partial charge on any atom is 0.244 e. The van der Waals surface area contributed by atoms with Crippen molar-refractivity contribution in [3.8, 4) is 23.0 Å². The second-order valence-electron chi connectivity index (χ2n) is 5.69. The highest BCUT2D eigenvalue weighted by Crippen LogP contribution is 2.27. The molecule has 1 aromatic carbocycles. The Balaban J connectivity index is 1.55. The summed E-state index contributed by atoms with van der Waals surface area (Å²) in [5.74, 6) is 1.77. The molecule has 3 rings (SSSR count). The highest BCUT2D eigenvalue weighted by atomic mass is 16.5. The maximum atomic E-state index is 12.0. The van der Waals surface area contributed by atoms with Gasteiger partial charge in [0.25, 0.3) is 0 Å². The standard InChI is InChI=1S/C21H20N2O4/c1-25-19-9-6-15(12-20(19)26-2)7-10-21(24)23-14-16-5-8-17(22-13-16)18-4-3-11-27-18/h3-13H,14H2,1-2H3,(H,23,24)/b10-7+. The van der Waals surface area contributed by atoms with Crippen LogP contribution in [0.15, 0.2) is 65.4 Å². The summed E-state index contributed by atoms with van der Waals surface area (Å²) in [5, 5.41) is 2.83. The Morgan fingerprint density at radius 2 is 2.00 bits per heavy atom. The van der Waals surface area contributed by atoms with Crippen LogP contribution >= 0.6 is 0 Å². The van der Waals surface area contributed by atoms with Crippen molar-refractivity contribution in [1.29, 1.82) is 0 Å². The van der Waals surface area contributed by atoms with Crippen LogP contribution < -0.4 is 14.8 Å². The van der Waals surface area contributed by atoms with E-state index in [1.165, 1.54) is 6.08 Å². The quantitative estimate of drug-likeness (QED) is 0.647. The van der Waals surface area contributed by atoms with Crippen LogP contribution in [-0.4, -0.2) is 25.1 Å². The van der Waals surface area contributed by atoms with E-state index < -0.39 is 0 Å². The van der Waals surface area contributed by atoms with Gasteiger partial charge in [-0.2, -0.15) is 0 Å². The van der Waals surface area contributed by atoms with Gasteiger partial charge in [0.15, 0.2) is 17.3 Å². The largest absolute Gasteiger partial charge is 0.493 e. The molecule has 6 heteroatoms. The first-order valence-corrected chi connectivity index (χ1v) is 8.36. The number of benzene rings is 1. The summed E-state index contributed by atoms with van der Waals surface area (Å²) in [5.41, 5.74) is 2.49.